The van der Waals surface area contributed by atoms with Gasteiger partial charge in [0.25, 0.3) is 11.8 Å². The van der Waals surface area contributed by atoms with Gasteiger partial charge in [-0.25, -0.2) is 0 Å². The third-order valence-electron chi connectivity index (χ3n) is 4.69. The van der Waals surface area contributed by atoms with Gasteiger partial charge in [0.05, 0.1) is 11.3 Å². The molecule has 5 N–H and O–H groups in total. The van der Waals surface area contributed by atoms with Crippen molar-refractivity contribution in [2.75, 3.05) is 23.7 Å². The number of rotatable bonds is 7. The molecule has 1 fully saturated rings. The molecular formula is C21H25ClN4O3. The van der Waals surface area contributed by atoms with Crippen LogP contribution in [0.2, 0.25) is 0 Å². The highest BCUT2D eigenvalue weighted by molar-refractivity contribution is 6.09. The SMILES string of the molecule is CC1CC1C(=O)Nc1cccc(C(=O)Nc2ccccc2C(=O)NCCN)c1.Cl. The molecule has 0 aromatic heterocycles. The summed E-state index contributed by atoms with van der Waals surface area (Å²) in [5.74, 6) is -0.229. The second-order valence-electron chi connectivity index (χ2n) is 6.93. The lowest BCUT2D eigenvalue weighted by molar-refractivity contribution is -0.117. The van der Waals surface area contributed by atoms with Gasteiger partial charge in [0, 0.05) is 30.3 Å². The second kappa shape index (κ2) is 10.0. The van der Waals surface area contributed by atoms with Crippen LogP contribution in [-0.2, 0) is 4.79 Å². The Hall–Kier alpha value is -2.90. The Bertz CT molecular complexity index is 903. The zero-order valence-electron chi connectivity index (χ0n) is 16.1. The minimum Gasteiger partial charge on any atom is -0.351 e. The number of nitrogens with two attached hydrogens (primary N) is 1. The van der Waals surface area contributed by atoms with Crippen molar-refractivity contribution >= 4 is 41.5 Å². The van der Waals surface area contributed by atoms with Crippen molar-refractivity contribution < 1.29 is 14.4 Å². The van der Waals surface area contributed by atoms with Gasteiger partial charge in [-0.3, -0.25) is 14.4 Å². The van der Waals surface area contributed by atoms with E-state index in [0.717, 1.165) is 6.42 Å². The first-order valence-corrected chi connectivity index (χ1v) is 9.29. The molecule has 0 radical (unpaired) electrons. The molecule has 0 spiro atoms. The molecule has 0 bridgehead atoms. The summed E-state index contributed by atoms with van der Waals surface area (Å²) >= 11 is 0. The third kappa shape index (κ3) is 5.79. The number of nitrogens with one attached hydrogen (secondary N) is 3. The molecule has 154 valence electrons. The summed E-state index contributed by atoms with van der Waals surface area (Å²) in [7, 11) is 0. The van der Waals surface area contributed by atoms with E-state index in [1.807, 2.05) is 6.92 Å². The number of carbonyl (C=O) groups excluding carboxylic acids is 3. The molecule has 1 saturated carbocycles. The van der Waals surface area contributed by atoms with Gasteiger partial charge < -0.3 is 21.7 Å². The van der Waals surface area contributed by atoms with E-state index in [0.29, 0.717) is 41.5 Å². The Morgan fingerprint density at radius 2 is 1.76 bits per heavy atom. The minimum absolute atomic E-state index is 0. The largest absolute Gasteiger partial charge is 0.351 e. The summed E-state index contributed by atoms with van der Waals surface area (Å²) < 4.78 is 0. The maximum Gasteiger partial charge on any atom is 0.255 e. The zero-order chi connectivity index (χ0) is 20.1. The van der Waals surface area contributed by atoms with Crippen LogP contribution in [0.25, 0.3) is 0 Å². The number of carbonyl (C=O) groups is 3. The normalized spacial score (nSPS) is 16.9. The fourth-order valence-electron chi connectivity index (χ4n) is 2.93. The summed E-state index contributed by atoms with van der Waals surface area (Å²) in [6.45, 7) is 2.72. The third-order valence-corrected chi connectivity index (χ3v) is 4.69. The molecule has 29 heavy (non-hydrogen) atoms. The highest BCUT2D eigenvalue weighted by atomic mass is 35.5. The Kier molecular flexibility index (Phi) is 7.75. The van der Waals surface area contributed by atoms with Crippen molar-refractivity contribution in [3.63, 3.8) is 0 Å². The molecule has 7 nitrogen and oxygen atoms in total. The van der Waals surface area contributed by atoms with E-state index in [1.54, 1.807) is 48.5 Å². The number of anilines is 2. The lowest BCUT2D eigenvalue weighted by Crippen LogP contribution is -2.30. The van der Waals surface area contributed by atoms with Crippen molar-refractivity contribution in [1.82, 2.24) is 5.32 Å². The molecule has 2 aromatic rings. The van der Waals surface area contributed by atoms with Crippen molar-refractivity contribution in [3.05, 3.63) is 59.7 Å². The van der Waals surface area contributed by atoms with E-state index in [1.165, 1.54) is 0 Å². The monoisotopic (exact) mass is 416 g/mol. The number of amides is 3. The average molecular weight is 417 g/mol. The zero-order valence-corrected chi connectivity index (χ0v) is 16.9. The van der Waals surface area contributed by atoms with Gasteiger partial charge in [-0.2, -0.15) is 0 Å². The van der Waals surface area contributed by atoms with Crippen molar-refractivity contribution in [2.24, 2.45) is 17.6 Å². The summed E-state index contributed by atoms with van der Waals surface area (Å²) in [5, 5.41) is 8.30. The summed E-state index contributed by atoms with van der Waals surface area (Å²) in [6.07, 6.45) is 0.898. The first kappa shape index (κ1) is 22.4. The second-order valence-corrected chi connectivity index (χ2v) is 6.93. The van der Waals surface area contributed by atoms with Crippen molar-refractivity contribution in [2.45, 2.75) is 13.3 Å². The van der Waals surface area contributed by atoms with Gasteiger partial charge in [-0.1, -0.05) is 25.1 Å². The smallest absolute Gasteiger partial charge is 0.255 e. The van der Waals surface area contributed by atoms with Crippen LogP contribution in [-0.4, -0.2) is 30.8 Å². The summed E-state index contributed by atoms with van der Waals surface area (Å²) in [4.78, 5) is 37.0. The molecule has 8 heteroatoms. The lowest BCUT2D eigenvalue weighted by Gasteiger charge is -2.12. The summed E-state index contributed by atoms with van der Waals surface area (Å²) in [5.41, 5.74) is 7.14. The van der Waals surface area contributed by atoms with Crippen molar-refractivity contribution in [3.8, 4) is 0 Å². The van der Waals surface area contributed by atoms with E-state index in [4.69, 9.17) is 5.73 Å². The Morgan fingerprint density at radius 3 is 2.45 bits per heavy atom. The first-order valence-electron chi connectivity index (χ1n) is 9.29. The van der Waals surface area contributed by atoms with Gasteiger partial charge in [0.2, 0.25) is 5.91 Å². The molecule has 2 aromatic carbocycles. The van der Waals surface area contributed by atoms with Crippen LogP contribution >= 0.6 is 12.4 Å². The predicted octanol–water partition coefficient (Wildman–Crippen LogP) is 2.64. The fourth-order valence-corrected chi connectivity index (χ4v) is 2.93. The number of hydrogen-bond donors (Lipinski definition) is 4. The van der Waals surface area contributed by atoms with Gasteiger partial charge in [-0.05, 0) is 42.7 Å². The van der Waals surface area contributed by atoms with E-state index in [9.17, 15) is 14.4 Å². The molecule has 3 rings (SSSR count). The molecule has 0 aliphatic heterocycles. The highest BCUT2D eigenvalue weighted by Gasteiger charge is 2.39. The van der Waals surface area contributed by atoms with Gasteiger partial charge in [0.15, 0.2) is 0 Å². The molecule has 1 aliphatic rings. The molecule has 2 atom stereocenters. The number of hydrogen-bond acceptors (Lipinski definition) is 4. The van der Waals surface area contributed by atoms with E-state index in [2.05, 4.69) is 16.0 Å². The maximum atomic E-state index is 12.7. The van der Waals surface area contributed by atoms with Gasteiger partial charge >= 0.3 is 0 Å². The average Bonchev–Trinajstić information content (AvgIpc) is 3.43. The Morgan fingerprint density at radius 1 is 1.03 bits per heavy atom. The molecule has 2 unspecified atom stereocenters. The van der Waals surface area contributed by atoms with Crippen LogP contribution in [0.4, 0.5) is 11.4 Å². The van der Waals surface area contributed by atoms with Crippen LogP contribution in [0, 0.1) is 11.8 Å². The molecule has 1 aliphatic carbocycles. The predicted molar refractivity (Wildman–Crippen MR) is 115 cm³/mol. The topological polar surface area (TPSA) is 113 Å². The van der Waals surface area contributed by atoms with Crippen LogP contribution < -0.4 is 21.7 Å². The standard InChI is InChI=1S/C21H24N4O3.ClH/c1-13-11-17(13)21(28)24-15-6-4-5-14(12-15)19(26)25-18-8-3-2-7-16(18)20(27)23-10-9-22;/h2-8,12-13,17H,9-11,22H2,1H3,(H,23,27)(H,24,28)(H,25,26);1H. The lowest BCUT2D eigenvalue weighted by atomic mass is 10.1. The van der Waals surface area contributed by atoms with E-state index >= 15 is 0 Å². The number of para-hydroxylation sites is 1. The summed E-state index contributed by atoms with van der Waals surface area (Å²) in [6, 6.07) is 13.5. The molecule has 0 heterocycles. The van der Waals surface area contributed by atoms with E-state index < -0.39 is 0 Å². The Balaban J connectivity index is 0.00000300. The van der Waals surface area contributed by atoms with Crippen molar-refractivity contribution in [1.29, 1.82) is 0 Å². The fraction of sp³-hybridized carbons (Fsp3) is 0.286. The highest BCUT2D eigenvalue weighted by Crippen LogP contribution is 2.38. The van der Waals surface area contributed by atoms with E-state index in [-0.39, 0.29) is 36.0 Å². The van der Waals surface area contributed by atoms with Crippen LogP contribution in [0.15, 0.2) is 48.5 Å². The number of benzene rings is 2. The first-order chi connectivity index (χ1) is 13.5. The molecule has 3 amide bonds. The quantitative estimate of drug-likeness (QED) is 0.555. The Labute approximate surface area is 175 Å². The molecule has 0 saturated heterocycles. The van der Waals surface area contributed by atoms with Crippen LogP contribution in [0.1, 0.15) is 34.1 Å². The molecular weight excluding hydrogens is 392 g/mol. The van der Waals surface area contributed by atoms with Crippen LogP contribution in [0.5, 0.6) is 0 Å². The van der Waals surface area contributed by atoms with Crippen LogP contribution in [0.3, 0.4) is 0 Å². The number of halogens is 1. The van der Waals surface area contributed by atoms with Gasteiger partial charge in [-0.15, -0.1) is 12.4 Å². The minimum atomic E-state index is -0.366. The van der Waals surface area contributed by atoms with Gasteiger partial charge in [0.1, 0.15) is 0 Å². The maximum absolute atomic E-state index is 12.7.